The van der Waals surface area contributed by atoms with Crippen LogP contribution >= 0.6 is 0 Å². The Morgan fingerprint density at radius 2 is 1.75 bits per heavy atom. The van der Waals surface area contributed by atoms with Crippen molar-refractivity contribution in [2.24, 2.45) is 11.8 Å². The molecule has 0 aromatic carbocycles. The van der Waals surface area contributed by atoms with Gasteiger partial charge in [-0.3, -0.25) is 0 Å². The van der Waals surface area contributed by atoms with E-state index in [1.807, 2.05) is 0 Å². The lowest BCUT2D eigenvalue weighted by Crippen LogP contribution is -2.47. The van der Waals surface area contributed by atoms with Gasteiger partial charge in [0.1, 0.15) is 0 Å². The molecule has 1 N–H and O–H groups in total. The van der Waals surface area contributed by atoms with E-state index in [0.29, 0.717) is 12.7 Å². The van der Waals surface area contributed by atoms with Gasteiger partial charge in [0.05, 0.1) is 24.9 Å². The Morgan fingerprint density at radius 3 is 2.25 bits per heavy atom. The van der Waals surface area contributed by atoms with Crippen LogP contribution in [0.1, 0.15) is 60.3 Å². The third-order valence-electron chi connectivity index (χ3n) is 4.52. The second kappa shape index (κ2) is 9.01. The van der Waals surface area contributed by atoms with Crippen LogP contribution in [0.2, 0.25) is 0 Å². The van der Waals surface area contributed by atoms with Crippen molar-refractivity contribution in [3.63, 3.8) is 0 Å². The average molecular weight is 285 g/mol. The third-order valence-corrected chi connectivity index (χ3v) is 4.52. The van der Waals surface area contributed by atoms with Gasteiger partial charge in [-0.05, 0) is 57.9 Å². The second-order valence-corrected chi connectivity index (χ2v) is 6.81. The normalized spacial score (nSPS) is 27.4. The quantitative estimate of drug-likeness (QED) is 0.656. The molecule has 0 unspecified atom stereocenters. The molecule has 1 fully saturated rings. The Morgan fingerprint density at radius 1 is 1.10 bits per heavy atom. The van der Waals surface area contributed by atoms with Gasteiger partial charge in [-0.15, -0.1) is 0 Å². The van der Waals surface area contributed by atoms with Crippen molar-refractivity contribution in [1.82, 2.24) is 5.32 Å². The van der Waals surface area contributed by atoms with E-state index in [9.17, 15) is 0 Å². The first-order valence-corrected chi connectivity index (χ1v) is 8.45. The molecule has 3 nitrogen and oxygen atoms in total. The highest BCUT2D eigenvalue weighted by Crippen LogP contribution is 2.37. The molecule has 1 aliphatic carbocycles. The van der Waals surface area contributed by atoms with Gasteiger partial charge in [0.15, 0.2) is 0 Å². The molecule has 0 atom stereocenters. The summed E-state index contributed by atoms with van der Waals surface area (Å²) in [4.78, 5) is 0. The van der Waals surface area contributed by atoms with E-state index in [-0.39, 0.29) is 5.60 Å². The maximum Gasteiger partial charge on any atom is 0.0807 e. The first-order valence-electron chi connectivity index (χ1n) is 8.45. The molecule has 1 aliphatic rings. The lowest BCUT2D eigenvalue weighted by atomic mass is 9.74. The van der Waals surface area contributed by atoms with Crippen molar-refractivity contribution in [3.8, 4) is 0 Å². The van der Waals surface area contributed by atoms with Crippen molar-refractivity contribution in [2.45, 2.75) is 72.0 Å². The molecule has 0 aromatic heterocycles. The van der Waals surface area contributed by atoms with Crippen LogP contribution in [-0.2, 0) is 9.47 Å². The first-order chi connectivity index (χ1) is 9.49. The Bertz CT molecular complexity index is 245. The molecule has 0 aliphatic heterocycles. The Hall–Kier alpha value is -0.120. The highest BCUT2D eigenvalue weighted by Gasteiger charge is 2.36. The molecule has 120 valence electrons. The number of hydrogen-bond acceptors (Lipinski definition) is 3. The molecule has 0 bridgehead atoms. The fraction of sp³-hybridized carbons (Fsp3) is 1.00. The molecule has 0 saturated heterocycles. The summed E-state index contributed by atoms with van der Waals surface area (Å²) in [6.45, 7) is 14.4. The molecule has 0 heterocycles. The largest absolute Gasteiger partial charge is 0.376 e. The predicted octanol–water partition coefficient (Wildman–Crippen LogP) is 3.62. The SMILES string of the molecule is CCNCC1(OCCOC(C)C)CCC(C(C)C)CC1. The summed E-state index contributed by atoms with van der Waals surface area (Å²) in [6.07, 6.45) is 5.26. The minimum Gasteiger partial charge on any atom is -0.376 e. The fourth-order valence-corrected chi connectivity index (χ4v) is 3.10. The van der Waals surface area contributed by atoms with E-state index >= 15 is 0 Å². The van der Waals surface area contributed by atoms with Crippen LogP contribution in [-0.4, -0.2) is 38.0 Å². The summed E-state index contributed by atoms with van der Waals surface area (Å²) in [7, 11) is 0. The molecule has 0 amide bonds. The fourth-order valence-electron chi connectivity index (χ4n) is 3.10. The standard InChI is InChI=1S/C17H35NO2/c1-6-18-13-17(20-12-11-19-15(4)5)9-7-16(8-10-17)14(2)3/h14-16,18H,6-13H2,1-5H3. The summed E-state index contributed by atoms with van der Waals surface area (Å²) in [6, 6.07) is 0. The van der Waals surface area contributed by atoms with Gasteiger partial charge in [-0.25, -0.2) is 0 Å². The van der Waals surface area contributed by atoms with Crippen molar-refractivity contribution in [1.29, 1.82) is 0 Å². The lowest BCUT2D eigenvalue weighted by molar-refractivity contribution is -0.0995. The third kappa shape index (κ3) is 6.11. The van der Waals surface area contributed by atoms with E-state index < -0.39 is 0 Å². The molecule has 0 radical (unpaired) electrons. The van der Waals surface area contributed by atoms with Gasteiger partial charge >= 0.3 is 0 Å². The number of likely N-dealkylation sites (N-methyl/N-ethyl adjacent to an activating group) is 1. The van der Waals surface area contributed by atoms with Gasteiger partial charge in [-0.1, -0.05) is 20.8 Å². The molecule has 1 rings (SSSR count). The minimum atomic E-state index is 0.0434. The molecular formula is C17H35NO2. The van der Waals surface area contributed by atoms with Crippen molar-refractivity contribution in [3.05, 3.63) is 0 Å². The Balaban J connectivity index is 2.42. The Labute approximate surface area is 125 Å². The zero-order valence-corrected chi connectivity index (χ0v) is 14.2. The summed E-state index contributed by atoms with van der Waals surface area (Å²) in [5.41, 5.74) is 0.0434. The number of hydrogen-bond donors (Lipinski definition) is 1. The van der Waals surface area contributed by atoms with Gasteiger partial charge in [-0.2, -0.15) is 0 Å². The van der Waals surface area contributed by atoms with Crippen LogP contribution in [0.3, 0.4) is 0 Å². The highest BCUT2D eigenvalue weighted by atomic mass is 16.5. The maximum atomic E-state index is 6.26. The van der Waals surface area contributed by atoms with Gasteiger partial charge in [0.2, 0.25) is 0 Å². The monoisotopic (exact) mass is 285 g/mol. The minimum absolute atomic E-state index is 0.0434. The number of nitrogens with one attached hydrogen (secondary N) is 1. The Kier molecular flexibility index (Phi) is 8.08. The van der Waals surface area contributed by atoms with Gasteiger partial charge < -0.3 is 14.8 Å². The van der Waals surface area contributed by atoms with Gasteiger partial charge in [0, 0.05) is 6.54 Å². The van der Waals surface area contributed by atoms with Crippen molar-refractivity contribution in [2.75, 3.05) is 26.3 Å². The second-order valence-electron chi connectivity index (χ2n) is 6.81. The van der Waals surface area contributed by atoms with Gasteiger partial charge in [0.25, 0.3) is 0 Å². The van der Waals surface area contributed by atoms with Crippen molar-refractivity contribution >= 4 is 0 Å². The van der Waals surface area contributed by atoms with E-state index in [1.165, 1.54) is 25.7 Å². The predicted molar refractivity (Wildman–Crippen MR) is 85.1 cm³/mol. The van der Waals surface area contributed by atoms with E-state index in [4.69, 9.17) is 9.47 Å². The maximum absolute atomic E-state index is 6.26. The van der Waals surface area contributed by atoms with Crippen LogP contribution in [0.25, 0.3) is 0 Å². The molecule has 0 spiro atoms. The van der Waals surface area contributed by atoms with Crippen LogP contribution in [0.4, 0.5) is 0 Å². The van der Waals surface area contributed by atoms with Crippen molar-refractivity contribution < 1.29 is 9.47 Å². The smallest absolute Gasteiger partial charge is 0.0807 e. The first kappa shape index (κ1) is 17.9. The topological polar surface area (TPSA) is 30.5 Å². The molecular weight excluding hydrogens is 250 g/mol. The lowest BCUT2D eigenvalue weighted by Gasteiger charge is -2.41. The average Bonchev–Trinajstić information content (AvgIpc) is 2.42. The number of ether oxygens (including phenoxy) is 2. The van der Waals surface area contributed by atoms with E-state index in [2.05, 4.69) is 39.9 Å². The zero-order chi connectivity index (χ0) is 15.0. The zero-order valence-electron chi connectivity index (χ0n) is 14.2. The summed E-state index contributed by atoms with van der Waals surface area (Å²) in [5.74, 6) is 1.68. The van der Waals surface area contributed by atoms with Crippen LogP contribution in [0, 0.1) is 11.8 Å². The van der Waals surface area contributed by atoms with Crippen LogP contribution in [0.15, 0.2) is 0 Å². The van der Waals surface area contributed by atoms with E-state index in [0.717, 1.165) is 31.5 Å². The number of rotatable bonds is 9. The highest BCUT2D eigenvalue weighted by molar-refractivity contribution is 4.90. The molecule has 3 heteroatoms. The van der Waals surface area contributed by atoms with E-state index in [1.54, 1.807) is 0 Å². The summed E-state index contributed by atoms with van der Waals surface area (Å²) in [5, 5.41) is 3.49. The molecule has 1 saturated carbocycles. The molecule has 0 aromatic rings. The van der Waals surface area contributed by atoms with Crippen LogP contribution < -0.4 is 5.32 Å². The summed E-state index contributed by atoms with van der Waals surface area (Å²) >= 11 is 0. The summed E-state index contributed by atoms with van der Waals surface area (Å²) < 4.78 is 11.9. The molecule has 20 heavy (non-hydrogen) atoms. The van der Waals surface area contributed by atoms with Crippen LogP contribution in [0.5, 0.6) is 0 Å².